The molecule has 7 heteroatoms. The summed E-state index contributed by atoms with van der Waals surface area (Å²) in [6.45, 7) is 5.89. The summed E-state index contributed by atoms with van der Waals surface area (Å²) in [7, 11) is 0. The molecule has 0 saturated carbocycles. The minimum Gasteiger partial charge on any atom is -0.507 e. The van der Waals surface area contributed by atoms with E-state index in [2.05, 4.69) is 25.3 Å². The number of hydrogen-bond acceptors (Lipinski definition) is 6. The first-order valence-electron chi connectivity index (χ1n) is 11.1. The molecule has 0 bridgehead atoms. The van der Waals surface area contributed by atoms with Crippen molar-refractivity contribution < 1.29 is 5.11 Å². The highest BCUT2D eigenvalue weighted by Crippen LogP contribution is 2.34. The van der Waals surface area contributed by atoms with Gasteiger partial charge in [-0.25, -0.2) is 0 Å². The van der Waals surface area contributed by atoms with E-state index in [-0.39, 0.29) is 0 Å². The van der Waals surface area contributed by atoms with E-state index in [4.69, 9.17) is 11.6 Å². The number of likely N-dealkylation sites (tertiary alicyclic amines) is 2. The average Bonchev–Trinajstić information content (AvgIpc) is 3.48. The summed E-state index contributed by atoms with van der Waals surface area (Å²) in [5.74, 6) is 1.10. The fraction of sp³-hybridized carbons (Fsp3) is 0.417. The second kappa shape index (κ2) is 8.99. The highest BCUT2D eigenvalue weighted by Gasteiger charge is 2.20. The standard InChI is InChI=1S/C24H28ClN5O/c25-23-20-7-1-2-8-21(20)24(28-27-23)26-19-13-17(15-29-9-3-4-10-29)22(31)18(14-19)16-30-11-5-6-12-30/h1-2,7-8,13-14,31H,3-6,9-12,15-16H2,(H,26,28). The van der Waals surface area contributed by atoms with Crippen molar-refractivity contribution in [3.8, 4) is 5.75 Å². The molecule has 31 heavy (non-hydrogen) atoms. The van der Waals surface area contributed by atoms with E-state index in [0.29, 0.717) is 16.7 Å². The molecular formula is C24H28ClN5O. The minimum atomic E-state index is 0.399. The van der Waals surface area contributed by atoms with Crippen molar-refractivity contribution in [2.75, 3.05) is 31.5 Å². The lowest BCUT2D eigenvalue weighted by Gasteiger charge is -2.21. The zero-order valence-electron chi connectivity index (χ0n) is 17.6. The van der Waals surface area contributed by atoms with Crippen LogP contribution in [0.5, 0.6) is 5.75 Å². The number of benzene rings is 2. The number of fused-ring (bicyclic) bond motifs is 1. The van der Waals surface area contributed by atoms with Crippen LogP contribution in [0.25, 0.3) is 10.8 Å². The predicted molar refractivity (Wildman–Crippen MR) is 125 cm³/mol. The minimum absolute atomic E-state index is 0.399. The van der Waals surface area contributed by atoms with Crippen LogP contribution < -0.4 is 5.32 Å². The molecule has 5 rings (SSSR count). The molecule has 3 aromatic rings. The van der Waals surface area contributed by atoms with E-state index in [0.717, 1.165) is 66.9 Å². The number of aromatic nitrogens is 2. The Morgan fingerprint density at radius 2 is 1.39 bits per heavy atom. The highest BCUT2D eigenvalue weighted by atomic mass is 35.5. The highest BCUT2D eigenvalue weighted by molar-refractivity contribution is 6.34. The first-order chi connectivity index (χ1) is 15.2. The maximum Gasteiger partial charge on any atom is 0.161 e. The van der Waals surface area contributed by atoms with Gasteiger partial charge in [-0.15, -0.1) is 10.2 Å². The largest absolute Gasteiger partial charge is 0.507 e. The van der Waals surface area contributed by atoms with Crippen LogP contribution in [-0.2, 0) is 13.1 Å². The number of aromatic hydroxyl groups is 1. The zero-order valence-corrected chi connectivity index (χ0v) is 18.4. The molecule has 0 unspecified atom stereocenters. The normalized spacial score (nSPS) is 17.6. The summed E-state index contributed by atoms with van der Waals surface area (Å²) in [4.78, 5) is 4.83. The summed E-state index contributed by atoms with van der Waals surface area (Å²) < 4.78 is 0. The van der Waals surface area contributed by atoms with Gasteiger partial charge in [0.15, 0.2) is 11.0 Å². The van der Waals surface area contributed by atoms with Crippen molar-refractivity contribution in [3.63, 3.8) is 0 Å². The Labute approximate surface area is 187 Å². The Balaban J connectivity index is 1.50. The van der Waals surface area contributed by atoms with Gasteiger partial charge < -0.3 is 10.4 Å². The van der Waals surface area contributed by atoms with Crippen molar-refractivity contribution in [1.29, 1.82) is 0 Å². The number of hydrogen-bond donors (Lipinski definition) is 2. The Morgan fingerprint density at radius 1 is 0.839 bits per heavy atom. The molecule has 6 nitrogen and oxygen atoms in total. The number of phenolic OH excluding ortho intramolecular Hbond substituents is 1. The predicted octanol–water partition coefficient (Wildman–Crippen LogP) is 4.92. The second-order valence-corrected chi connectivity index (χ2v) is 8.98. The van der Waals surface area contributed by atoms with Gasteiger partial charge in [0, 0.05) is 40.7 Å². The van der Waals surface area contributed by atoms with Crippen LogP contribution in [0.2, 0.25) is 5.15 Å². The Morgan fingerprint density at radius 3 is 1.97 bits per heavy atom. The van der Waals surface area contributed by atoms with Gasteiger partial charge in [0.1, 0.15) is 5.75 Å². The Hall–Kier alpha value is -2.41. The van der Waals surface area contributed by atoms with E-state index in [9.17, 15) is 5.11 Å². The molecule has 1 aromatic heterocycles. The van der Waals surface area contributed by atoms with E-state index in [1.54, 1.807) is 0 Å². The van der Waals surface area contributed by atoms with E-state index < -0.39 is 0 Å². The fourth-order valence-electron chi connectivity index (χ4n) is 4.74. The van der Waals surface area contributed by atoms with Crippen molar-refractivity contribution >= 4 is 33.9 Å². The van der Waals surface area contributed by atoms with E-state index >= 15 is 0 Å². The van der Waals surface area contributed by atoms with Crippen molar-refractivity contribution in [2.45, 2.75) is 38.8 Å². The van der Waals surface area contributed by atoms with Crippen LogP contribution in [0, 0.1) is 0 Å². The lowest BCUT2D eigenvalue weighted by molar-refractivity contribution is 0.312. The summed E-state index contributed by atoms with van der Waals surface area (Å²) >= 11 is 6.25. The third-order valence-corrected chi connectivity index (χ3v) is 6.64. The topological polar surface area (TPSA) is 64.5 Å². The third-order valence-electron chi connectivity index (χ3n) is 6.36. The number of halogens is 1. The molecule has 0 spiro atoms. The molecule has 0 radical (unpaired) electrons. The van der Waals surface area contributed by atoms with Gasteiger partial charge in [0.25, 0.3) is 0 Å². The molecule has 2 N–H and O–H groups in total. The lowest BCUT2D eigenvalue weighted by atomic mass is 10.1. The maximum atomic E-state index is 11.1. The van der Waals surface area contributed by atoms with E-state index in [1.165, 1.54) is 25.7 Å². The van der Waals surface area contributed by atoms with Gasteiger partial charge in [-0.2, -0.15) is 0 Å². The van der Waals surface area contributed by atoms with Crippen LogP contribution in [0.15, 0.2) is 36.4 Å². The summed E-state index contributed by atoms with van der Waals surface area (Å²) in [6, 6.07) is 12.0. The summed E-state index contributed by atoms with van der Waals surface area (Å²) in [5, 5.41) is 25.2. The monoisotopic (exact) mass is 437 g/mol. The molecule has 0 amide bonds. The van der Waals surface area contributed by atoms with Crippen LogP contribution in [0.4, 0.5) is 11.5 Å². The van der Waals surface area contributed by atoms with E-state index in [1.807, 2.05) is 36.4 Å². The average molecular weight is 438 g/mol. The first-order valence-corrected chi connectivity index (χ1v) is 11.5. The number of anilines is 2. The molecule has 0 atom stereocenters. The zero-order chi connectivity index (χ0) is 21.2. The van der Waals surface area contributed by atoms with Crippen LogP contribution >= 0.6 is 11.6 Å². The van der Waals surface area contributed by atoms with Gasteiger partial charge in [-0.3, -0.25) is 9.80 Å². The quantitative estimate of drug-likeness (QED) is 0.533. The van der Waals surface area contributed by atoms with Crippen molar-refractivity contribution in [1.82, 2.24) is 20.0 Å². The van der Waals surface area contributed by atoms with Crippen molar-refractivity contribution in [2.24, 2.45) is 0 Å². The molecule has 2 fully saturated rings. The lowest BCUT2D eigenvalue weighted by Crippen LogP contribution is -2.20. The molecule has 162 valence electrons. The first kappa shape index (κ1) is 20.5. The van der Waals surface area contributed by atoms with Gasteiger partial charge in [0.2, 0.25) is 0 Å². The number of nitrogens with zero attached hydrogens (tertiary/aromatic N) is 4. The van der Waals surface area contributed by atoms with Gasteiger partial charge in [0.05, 0.1) is 0 Å². The molecule has 0 aliphatic carbocycles. The van der Waals surface area contributed by atoms with Crippen LogP contribution in [0.1, 0.15) is 36.8 Å². The van der Waals surface area contributed by atoms with Crippen molar-refractivity contribution in [3.05, 3.63) is 52.7 Å². The van der Waals surface area contributed by atoms with Gasteiger partial charge in [-0.05, 0) is 64.0 Å². The Bertz CT molecular complexity index is 1040. The third kappa shape index (κ3) is 4.47. The van der Waals surface area contributed by atoms with Gasteiger partial charge >= 0.3 is 0 Å². The number of nitrogens with one attached hydrogen (secondary N) is 1. The molecular weight excluding hydrogens is 410 g/mol. The molecule has 2 saturated heterocycles. The summed E-state index contributed by atoms with van der Waals surface area (Å²) in [5.41, 5.74) is 2.85. The SMILES string of the molecule is Oc1c(CN2CCCC2)cc(Nc2nnc(Cl)c3ccccc23)cc1CN1CCCC1. The van der Waals surface area contributed by atoms with Crippen LogP contribution in [0.3, 0.4) is 0 Å². The molecule has 2 aliphatic rings. The molecule has 2 aliphatic heterocycles. The number of rotatable bonds is 6. The second-order valence-electron chi connectivity index (χ2n) is 8.62. The molecule has 3 heterocycles. The molecule has 2 aromatic carbocycles. The smallest absolute Gasteiger partial charge is 0.161 e. The van der Waals surface area contributed by atoms with Crippen LogP contribution in [-0.4, -0.2) is 51.3 Å². The Kier molecular flexibility index (Phi) is 5.94. The maximum absolute atomic E-state index is 11.1. The van der Waals surface area contributed by atoms with Gasteiger partial charge in [-0.1, -0.05) is 35.9 Å². The number of phenols is 1. The summed E-state index contributed by atoms with van der Waals surface area (Å²) in [6.07, 6.45) is 4.91. The fourth-order valence-corrected chi connectivity index (χ4v) is 4.94.